The van der Waals surface area contributed by atoms with Crippen molar-refractivity contribution in [1.82, 2.24) is 4.31 Å². The van der Waals surface area contributed by atoms with Gasteiger partial charge in [0.1, 0.15) is 10.6 Å². The van der Waals surface area contributed by atoms with Crippen LogP contribution in [0.5, 0.6) is 5.75 Å². The molecule has 1 saturated heterocycles. The lowest BCUT2D eigenvalue weighted by Crippen LogP contribution is -2.38. The van der Waals surface area contributed by atoms with Crippen LogP contribution in [0.1, 0.15) is 24.3 Å². The number of halogens is 1. The van der Waals surface area contributed by atoms with E-state index in [1.54, 1.807) is 31.4 Å². The Bertz CT molecular complexity index is 815. The van der Waals surface area contributed by atoms with Crippen LogP contribution in [-0.4, -0.2) is 32.9 Å². The molecule has 0 spiro atoms. The highest BCUT2D eigenvalue weighted by molar-refractivity contribution is 7.89. The average Bonchev–Trinajstić information content (AvgIpc) is 2.62. The highest BCUT2D eigenvalue weighted by atomic mass is 35.5. The monoisotopic (exact) mass is 365 g/mol. The number of nitrogens with zero attached hydrogens (tertiary/aromatic N) is 1. The number of hydrogen-bond acceptors (Lipinski definition) is 3. The molecule has 0 atom stereocenters. The van der Waals surface area contributed by atoms with Gasteiger partial charge in [-0.1, -0.05) is 41.9 Å². The van der Waals surface area contributed by atoms with Crippen LogP contribution in [0.3, 0.4) is 0 Å². The summed E-state index contributed by atoms with van der Waals surface area (Å²) in [4.78, 5) is 0.183. The van der Waals surface area contributed by atoms with Gasteiger partial charge in [-0.3, -0.25) is 0 Å². The molecule has 2 aromatic rings. The van der Waals surface area contributed by atoms with E-state index in [-0.39, 0.29) is 9.92 Å². The molecule has 3 rings (SSSR count). The standard InChI is InChI=1S/C18H20ClNO3S/c1-23-17-8-4-2-6-15(17)14-10-12-20(13-11-14)24(21,22)18-9-5-3-7-16(18)19/h2-9,14H,10-13H2,1H3. The molecule has 4 nitrogen and oxygen atoms in total. The summed E-state index contributed by atoms with van der Waals surface area (Å²) >= 11 is 6.07. The van der Waals surface area contributed by atoms with Crippen molar-refractivity contribution in [3.05, 3.63) is 59.1 Å². The minimum absolute atomic E-state index is 0.183. The van der Waals surface area contributed by atoms with E-state index in [9.17, 15) is 8.42 Å². The molecule has 0 radical (unpaired) electrons. The van der Waals surface area contributed by atoms with Crippen molar-refractivity contribution in [3.8, 4) is 5.75 Å². The largest absolute Gasteiger partial charge is 0.496 e. The van der Waals surface area contributed by atoms with E-state index in [4.69, 9.17) is 16.3 Å². The Morgan fingerprint density at radius 2 is 1.67 bits per heavy atom. The van der Waals surface area contributed by atoms with Gasteiger partial charge in [0.15, 0.2) is 0 Å². The van der Waals surface area contributed by atoms with Gasteiger partial charge in [0.2, 0.25) is 10.0 Å². The van der Waals surface area contributed by atoms with E-state index in [2.05, 4.69) is 6.07 Å². The third-order valence-corrected chi connectivity index (χ3v) is 6.89. The first-order valence-corrected chi connectivity index (χ1v) is 9.73. The minimum atomic E-state index is -3.54. The van der Waals surface area contributed by atoms with Crippen molar-refractivity contribution >= 4 is 21.6 Å². The summed E-state index contributed by atoms with van der Waals surface area (Å²) in [7, 11) is -1.88. The molecule has 0 bridgehead atoms. The first kappa shape index (κ1) is 17.3. The molecule has 1 aliphatic heterocycles. The second kappa shape index (κ2) is 7.13. The fraction of sp³-hybridized carbons (Fsp3) is 0.333. The topological polar surface area (TPSA) is 46.6 Å². The van der Waals surface area contributed by atoms with Gasteiger partial charge in [-0.25, -0.2) is 8.42 Å². The van der Waals surface area contributed by atoms with E-state index in [0.717, 1.165) is 24.2 Å². The number of rotatable bonds is 4. The molecular weight excluding hydrogens is 346 g/mol. The summed E-state index contributed by atoms with van der Waals surface area (Å²) in [6, 6.07) is 14.5. The molecular formula is C18H20ClNO3S. The van der Waals surface area contributed by atoms with E-state index in [1.165, 1.54) is 4.31 Å². The molecule has 1 aliphatic rings. The van der Waals surface area contributed by atoms with Gasteiger partial charge in [0, 0.05) is 13.1 Å². The zero-order valence-electron chi connectivity index (χ0n) is 13.5. The second-order valence-electron chi connectivity index (χ2n) is 5.85. The van der Waals surface area contributed by atoms with Crippen LogP contribution in [-0.2, 0) is 10.0 Å². The summed E-state index contributed by atoms with van der Waals surface area (Å²) in [5.74, 6) is 1.17. The van der Waals surface area contributed by atoms with Crippen LogP contribution in [0.4, 0.5) is 0 Å². The first-order valence-electron chi connectivity index (χ1n) is 7.91. The fourth-order valence-electron chi connectivity index (χ4n) is 3.20. The third kappa shape index (κ3) is 3.29. The van der Waals surface area contributed by atoms with Gasteiger partial charge in [0.25, 0.3) is 0 Å². The zero-order chi connectivity index (χ0) is 17.2. The van der Waals surface area contributed by atoms with Crippen molar-refractivity contribution in [1.29, 1.82) is 0 Å². The quantitative estimate of drug-likeness (QED) is 0.825. The summed E-state index contributed by atoms with van der Waals surface area (Å²) in [5.41, 5.74) is 1.15. The number of para-hydroxylation sites is 1. The third-order valence-electron chi connectivity index (χ3n) is 4.49. The highest BCUT2D eigenvalue weighted by Crippen LogP contribution is 2.36. The van der Waals surface area contributed by atoms with Crippen molar-refractivity contribution in [2.24, 2.45) is 0 Å². The van der Waals surface area contributed by atoms with Gasteiger partial charge >= 0.3 is 0 Å². The molecule has 0 saturated carbocycles. The minimum Gasteiger partial charge on any atom is -0.496 e. The van der Waals surface area contributed by atoms with Crippen LogP contribution in [0.2, 0.25) is 5.02 Å². The van der Waals surface area contributed by atoms with Crippen LogP contribution in [0, 0.1) is 0 Å². The van der Waals surface area contributed by atoms with Gasteiger partial charge < -0.3 is 4.74 Å². The van der Waals surface area contributed by atoms with Gasteiger partial charge in [-0.05, 0) is 42.5 Å². The number of ether oxygens (including phenoxy) is 1. The SMILES string of the molecule is COc1ccccc1C1CCN(S(=O)(=O)c2ccccc2Cl)CC1. The summed E-state index contributed by atoms with van der Waals surface area (Å²) in [6.45, 7) is 0.965. The Hall–Kier alpha value is -1.56. The summed E-state index contributed by atoms with van der Waals surface area (Å²) < 4.78 is 32.5. The van der Waals surface area contributed by atoms with Gasteiger partial charge in [0.05, 0.1) is 12.1 Å². The normalized spacial score (nSPS) is 16.9. The Balaban J connectivity index is 1.77. The number of methoxy groups -OCH3 is 1. The summed E-state index contributed by atoms with van der Waals surface area (Å²) in [6.07, 6.45) is 1.54. The van der Waals surface area contributed by atoms with Crippen LogP contribution >= 0.6 is 11.6 Å². The first-order chi connectivity index (χ1) is 11.5. The molecule has 1 fully saturated rings. The van der Waals surface area contributed by atoms with E-state index in [1.807, 2.05) is 18.2 Å². The molecule has 6 heteroatoms. The number of benzene rings is 2. The summed E-state index contributed by atoms with van der Waals surface area (Å²) in [5, 5.41) is 0.268. The van der Waals surface area contributed by atoms with Gasteiger partial charge in [-0.15, -0.1) is 0 Å². The van der Waals surface area contributed by atoms with Crippen LogP contribution < -0.4 is 4.74 Å². The number of hydrogen-bond donors (Lipinski definition) is 0. The molecule has 0 aliphatic carbocycles. The zero-order valence-corrected chi connectivity index (χ0v) is 15.1. The Kier molecular flexibility index (Phi) is 5.13. The Morgan fingerprint density at radius 3 is 2.33 bits per heavy atom. The molecule has 0 unspecified atom stereocenters. The predicted molar refractivity (Wildman–Crippen MR) is 95.2 cm³/mol. The molecule has 0 aromatic heterocycles. The smallest absolute Gasteiger partial charge is 0.244 e. The molecule has 2 aromatic carbocycles. The van der Waals surface area contributed by atoms with Gasteiger partial charge in [-0.2, -0.15) is 4.31 Å². The van der Waals surface area contributed by atoms with E-state index in [0.29, 0.717) is 19.0 Å². The molecule has 0 N–H and O–H groups in total. The highest BCUT2D eigenvalue weighted by Gasteiger charge is 2.31. The maximum absolute atomic E-state index is 12.8. The number of piperidine rings is 1. The lowest BCUT2D eigenvalue weighted by molar-refractivity contribution is 0.313. The molecule has 1 heterocycles. The maximum Gasteiger partial charge on any atom is 0.244 e. The fourth-order valence-corrected chi connectivity index (χ4v) is 5.17. The van der Waals surface area contributed by atoms with Crippen molar-refractivity contribution in [2.45, 2.75) is 23.7 Å². The lowest BCUT2D eigenvalue weighted by Gasteiger charge is -2.32. The van der Waals surface area contributed by atoms with E-state index >= 15 is 0 Å². The molecule has 0 amide bonds. The predicted octanol–water partition coefficient (Wildman–Crippen LogP) is 3.92. The Morgan fingerprint density at radius 1 is 1.04 bits per heavy atom. The molecule has 24 heavy (non-hydrogen) atoms. The van der Waals surface area contributed by atoms with Crippen molar-refractivity contribution in [3.63, 3.8) is 0 Å². The van der Waals surface area contributed by atoms with Crippen molar-refractivity contribution in [2.75, 3.05) is 20.2 Å². The van der Waals surface area contributed by atoms with Crippen LogP contribution in [0.15, 0.2) is 53.4 Å². The maximum atomic E-state index is 12.8. The van der Waals surface area contributed by atoms with Crippen molar-refractivity contribution < 1.29 is 13.2 Å². The lowest BCUT2D eigenvalue weighted by atomic mass is 9.89. The average molecular weight is 366 g/mol. The Labute approximate surface area is 148 Å². The van der Waals surface area contributed by atoms with E-state index < -0.39 is 10.0 Å². The molecule has 128 valence electrons. The second-order valence-corrected chi connectivity index (χ2v) is 8.16. The number of sulfonamides is 1. The van der Waals surface area contributed by atoms with Crippen LogP contribution in [0.25, 0.3) is 0 Å².